The van der Waals surface area contributed by atoms with Crippen molar-refractivity contribution in [2.45, 2.75) is 31.1 Å². The van der Waals surface area contributed by atoms with Gasteiger partial charge in [0.05, 0.1) is 39.6 Å². The van der Waals surface area contributed by atoms with Crippen LogP contribution in [0.2, 0.25) is 0 Å². The average Bonchev–Trinajstić information content (AvgIpc) is 2.72. The summed E-state index contributed by atoms with van der Waals surface area (Å²) in [5.74, 6) is 1.32. The number of aldehydes is 1. The molecule has 0 aliphatic heterocycles. The number of aliphatic hydroxyl groups is 1. The maximum absolute atomic E-state index is 10.1. The minimum Gasteiger partial charge on any atom is -0.392 e. The van der Waals surface area contributed by atoms with Gasteiger partial charge in [-0.15, -0.1) is 11.6 Å². The summed E-state index contributed by atoms with van der Waals surface area (Å²) in [6, 6.07) is 5.89. The highest BCUT2D eigenvalue weighted by molar-refractivity contribution is 8.77. The first kappa shape index (κ1) is 26.6. The first-order chi connectivity index (χ1) is 14.0. The lowest BCUT2D eigenvalue weighted by atomic mass is 10.1. The molecular weight excluding hydrogens is 434 g/mol. The molecule has 0 amide bonds. The number of halogens is 1. The molecule has 1 aromatic carbocycles. The van der Waals surface area contributed by atoms with E-state index < -0.39 is 0 Å². The zero-order valence-corrected chi connectivity index (χ0v) is 19.5. The van der Waals surface area contributed by atoms with Crippen molar-refractivity contribution >= 4 is 45.2 Å². The van der Waals surface area contributed by atoms with E-state index in [0.717, 1.165) is 35.4 Å². The van der Waals surface area contributed by atoms with Gasteiger partial charge in [0.1, 0.15) is 12.9 Å². The molecule has 1 aromatic rings. The van der Waals surface area contributed by atoms with Gasteiger partial charge in [0.15, 0.2) is 0 Å². The fraction of sp³-hybridized carbons (Fsp3) is 0.650. The van der Waals surface area contributed by atoms with Crippen molar-refractivity contribution in [1.29, 1.82) is 0 Å². The van der Waals surface area contributed by atoms with Crippen LogP contribution in [0.1, 0.15) is 25.0 Å². The largest absolute Gasteiger partial charge is 0.392 e. The Bertz CT molecular complexity index is 556. The van der Waals surface area contributed by atoms with E-state index in [1.165, 1.54) is 0 Å². The Balaban J connectivity index is 2.11. The van der Waals surface area contributed by atoms with Gasteiger partial charge in [0.25, 0.3) is 0 Å². The number of benzene rings is 1. The van der Waals surface area contributed by atoms with Crippen molar-refractivity contribution < 1.29 is 24.1 Å². The van der Waals surface area contributed by atoms with E-state index in [-0.39, 0.29) is 18.0 Å². The normalized spacial score (nSPS) is 11.6. The number of aliphatic hydroxyl groups excluding tert-OH is 1. The second kappa shape index (κ2) is 16.2. The summed E-state index contributed by atoms with van der Waals surface area (Å²) < 4.78 is 15.9. The fourth-order valence-electron chi connectivity index (χ4n) is 2.24. The average molecular weight is 466 g/mol. The topological polar surface area (TPSA) is 77.0 Å². The van der Waals surface area contributed by atoms with Crippen LogP contribution in [0.3, 0.4) is 0 Å². The van der Waals surface area contributed by atoms with E-state index in [1.54, 1.807) is 10.8 Å². The smallest absolute Gasteiger partial charge is 0.145 e. The summed E-state index contributed by atoms with van der Waals surface area (Å²) in [5.41, 5.74) is 2.83. The van der Waals surface area contributed by atoms with Crippen LogP contribution in [0.25, 0.3) is 0 Å². The van der Waals surface area contributed by atoms with Crippen molar-refractivity contribution in [2.75, 3.05) is 57.3 Å². The molecular formula is C20H32ClNO5S2. The quantitative estimate of drug-likeness (QED) is 0.147. The van der Waals surface area contributed by atoms with Gasteiger partial charge in [-0.1, -0.05) is 27.7 Å². The minimum absolute atomic E-state index is 0.00634. The first-order valence-corrected chi connectivity index (χ1v) is 12.4. The van der Waals surface area contributed by atoms with E-state index in [1.807, 2.05) is 29.0 Å². The second-order valence-corrected chi connectivity index (χ2v) is 10.2. The van der Waals surface area contributed by atoms with Crippen molar-refractivity contribution in [3.63, 3.8) is 0 Å². The highest BCUT2D eigenvalue weighted by Gasteiger charge is 2.19. The van der Waals surface area contributed by atoms with Gasteiger partial charge in [0.2, 0.25) is 0 Å². The number of hydrogen-bond donors (Lipinski definition) is 2. The standard InChI is InChI=1S/C20H32ClNO5S2/c1-20(2,16-22-19-12-17(14-21)11-18(13-19)15-24)29-28-10-9-27-8-7-26-6-5-25-4-3-23/h3,11-13,22,24H,4-10,14-16H2,1-2H3. The van der Waals surface area contributed by atoms with Gasteiger partial charge in [-0.05, 0) is 37.1 Å². The van der Waals surface area contributed by atoms with E-state index in [2.05, 4.69) is 19.2 Å². The molecule has 0 bridgehead atoms. The number of hydrogen-bond acceptors (Lipinski definition) is 8. The predicted molar refractivity (Wildman–Crippen MR) is 123 cm³/mol. The Morgan fingerprint density at radius 2 is 1.72 bits per heavy atom. The zero-order valence-electron chi connectivity index (χ0n) is 17.2. The summed E-state index contributed by atoms with van der Waals surface area (Å²) in [6.45, 7) is 7.93. The maximum atomic E-state index is 10.1. The van der Waals surface area contributed by atoms with Gasteiger partial charge in [-0.25, -0.2) is 0 Å². The molecule has 0 fully saturated rings. The number of carbonyl (C=O) groups is 1. The second-order valence-electron chi connectivity index (χ2n) is 6.81. The first-order valence-electron chi connectivity index (χ1n) is 9.52. The van der Waals surface area contributed by atoms with Crippen molar-refractivity contribution in [2.24, 2.45) is 0 Å². The summed E-state index contributed by atoms with van der Waals surface area (Å²) in [5, 5.41) is 12.8. The lowest BCUT2D eigenvalue weighted by Crippen LogP contribution is -2.25. The molecule has 29 heavy (non-hydrogen) atoms. The van der Waals surface area contributed by atoms with Gasteiger partial charge < -0.3 is 29.4 Å². The molecule has 0 heterocycles. The molecule has 0 aliphatic rings. The number of ether oxygens (including phenoxy) is 3. The molecule has 0 atom stereocenters. The Labute approximate surface area is 186 Å². The number of alkyl halides is 1. The maximum Gasteiger partial charge on any atom is 0.145 e. The summed E-state index contributed by atoms with van der Waals surface area (Å²) >= 11 is 5.93. The molecule has 0 radical (unpaired) electrons. The third kappa shape index (κ3) is 13.4. The number of anilines is 1. The molecule has 0 spiro atoms. The van der Waals surface area contributed by atoms with Gasteiger partial charge in [-0.2, -0.15) is 0 Å². The molecule has 1 rings (SSSR count). The number of carbonyl (C=O) groups excluding carboxylic acids is 1. The third-order valence-corrected chi connectivity index (χ3v) is 7.20. The van der Waals surface area contributed by atoms with Crippen LogP contribution in [0.5, 0.6) is 0 Å². The van der Waals surface area contributed by atoms with Crippen molar-refractivity contribution in [3.05, 3.63) is 29.3 Å². The lowest BCUT2D eigenvalue weighted by molar-refractivity contribution is -0.112. The van der Waals surface area contributed by atoms with E-state index >= 15 is 0 Å². The van der Waals surface area contributed by atoms with E-state index in [0.29, 0.717) is 38.9 Å². The van der Waals surface area contributed by atoms with Crippen LogP contribution in [0, 0.1) is 0 Å². The summed E-state index contributed by atoms with van der Waals surface area (Å²) in [7, 11) is 3.60. The van der Waals surface area contributed by atoms with Gasteiger partial charge in [-0.3, -0.25) is 0 Å². The molecule has 0 saturated heterocycles. The van der Waals surface area contributed by atoms with Gasteiger partial charge >= 0.3 is 0 Å². The Morgan fingerprint density at radius 3 is 2.38 bits per heavy atom. The predicted octanol–water partition coefficient (Wildman–Crippen LogP) is 3.74. The highest BCUT2D eigenvalue weighted by atomic mass is 35.5. The van der Waals surface area contributed by atoms with Crippen LogP contribution in [-0.4, -0.2) is 68.1 Å². The van der Waals surface area contributed by atoms with Crippen LogP contribution >= 0.6 is 33.2 Å². The molecule has 6 nitrogen and oxygen atoms in total. The van der Waals surface area contributed by atoms with Crippen LogP contribution in [0.4, 0.5) is 5.69 Å². The zero-order chi connectivity index (χ0) is 21.4. The van der Waals surface area contributed by atoms with Crippen molar-refractivity contribution in [1.82, 2.24) is 0 Å². The Hall–Kier alpha value is -0.480. The molecule has 9 heteroatoms. The molecule has 2 N–H and O–H groups in total. The van der Waals surface area contributed by atoms with Crippen LogP contribution in [-0.2, 0) is 31.5 Å². The summed E-state index contributed by atoms with van der Waals surface area (Å²) in [4.78, 5) is 10.1. The number of nitrogens with one attached hydrogen (secondary N) is 1. The monoisotopic (exact) mass is 465 g/mol. The molecule has 166 valence electrons. The third-order valence-electron chi connectivity index (χ3n) is 3.63. The molecule has 0 aliphatic carbocycles. The lowest BCUT2D eigenvalue weighted by Gasteiger charge is -2.24. The summed E-state index contributed by atoms with van der Waals surface area (Å²) in [6.07, 6.45) is 0.724. The highest BCUT2D eigenvalue weighted by Crippen LogP contribution is 2.35. The molecule has 0 unspecified atom stereocenters. The van der Waals surface area contributed by atoms with Crippen molar-refractivity contribution in [3.8, 4) is 0 Å². The Kier molecular flexibility index (Phi) is 14.9. The fourth-order valence-corrected chi connectivity index (χ4v) is 4.70. The number of rotatable bonds is 18. The Morgan fingerprint density at radius 1 is 1.07 bits per heavy atom. The van der Waals surface area contributed by atoms with E-state index in [4.69, 9.17) is 25.8 Å². The van der Waals surface area contributed by atoms with Crippen LogP contribution < -0.4 is 5.32 Å². The van der Waals surface area contributed by atoms with Gasteiger partial charge in [0, 0.05) is 28.6 Å². The molecule has 0 aromatic heterocycles. The minimum atomic E-state index is 0.00634. The SMILES string of the molecule is CC(C)(CNc1cc(CO)cc(CCl)c1)SSCCOCCOCCOCC=O. The van der Waals surface area contributed by atoms with E-state index in [9.17, 15) is 9.90 Å². The molecule has 0 saturated carbocycles. The van der Waals surface area contributed by atoms with Crippen LogP contribution in [0.15, 0.2) is 18.2 Å².